The fourth-order valence-corrected chi connectivity index (χ4v) is 1.67. The van der Waals surface area contributed by atoms with Gasteiger partial charge in [-0.25, -0.2) is 4.79 Å². The monoisotopic (exact) mass is 249 g/mol. The van der Waals surface area contributed by atoms with Gasteiger partial charge in [-0.1, -0.05) is 42.8 Å². The number of oxime groups is 1. The molecule has 1 N–H and O–H groups in total. The van der Waals surface area contributed by atoms with Gasteiger partial charge in [-0.3, -0.25) is 0 Å². The van der Waals surface area contributed by atoms with Crippen molar-refractivity contribution in [1.29, 1.82) is 0 Å². The number of hydrogen-bond acceptors (Lipinski definition) is 4. The summed E-state index contributed by atoms with van der Waals surface area (Å²) < 4.78 is 4.80. The van der Waals surface area contributed by atoms with Gasteiger partial charge in [0.25, 0.3) is 0 Å². The normalized spacial score (nSPS) is 11.3. The molecule has 0 aliphatic heterocycles. The molecule has 1 rings (SSSR count). The van der Waals surface area contributed by atoms with Crippen molar-refractivity contribution in [1.82, 2.24) is 0 Å². The Labute approximate surface area is 107 Å². The van der Waals surface area contributed by atoms with Gasteiger partial charge in [-0.15, -0.1) is 0 Å². The number of nitrogens with zero attached hydrogens (tertiary/aromatic N) is 1. The van der Waals surface area contributed by atoms with Crippen LogP contribution in [-0.4, -0.2) is 23.5 Å². The Morgan fingerprint density at radius 3 is 2.33 bits per heavy atom. The van der Waals surface area contributed by atoms with Crippen molar-refractivity contribution in [2.45, 2.75) is 33.1 Å². The molecule has 98 valence electrons. The van der Waals surface area contributed by atoms with E-state index in [2.05, 4.69) is 12.1 Å². The fraction of sp³-hybridized carbons (Fsp3) is 0.429. The van der Waals surface area contributed by atoms with Crippen molar-refractivity contribution in [2.24, 2.45) is 5.16 Å². The first kappa shape index (κ1) is 14.2. The van der Waals surface area contributed by atoms with Crippen molar-refractivity contribution in [3.63, 3.8) is 0 Å². The number of rotatable bonds is 6. The second-order valence-corrected chi connectivity index (χ2v) is 4.01. The topological polar surface area (TPSA) is 58.9 Å². The Morgan fingerprint density at radius 1 is 1.22 bits per heavy atom. The third kappa shape index (κ3) is 4.20. The average Bonchev–Trinajstić information content (AvgIpc) is 2.38. The number of carbonyl (C=O) groups is 1. The molecule has 0 heterocycles. The van der Waals surface area contributed by atoms with Crippen LogP contribution in [0.4, 0.5) is 0 Å². The van der Waals surface area contributed by atoms with Crippen molar-refractivity contribution >= 4 is 11.7 Å². The Hall–Kier alpha value is -1.84. The molecule has 0 saturated carbocycles. The Balaban J connectivity index is 2.68. The lowest BCUT2D eigenvalue weighted by Gasteiger charge is -2.05. The molecule has 0 aromatic heterocycles. The Kier molecular flexibility index (Phi) is 5.91. The van der Waals surface area contributed by atoms with Crippen LogP contribution in [0.3, 0.4) is 0 Å². The van der Waals surface area contributed by atoms with Crippen molar-refractivity contribution in [2.75, 3.05) is 6.61 Å². The maximum Gasteiger partial charge on any atom is 0.356 e. The SMILES string of the molecule is CCCc1ccc(CC(=NO)C(=O)OCC)cc1. The summed E-state index contributed by atoms with van der Waals surface area (Å²) in [5, 5.41) is 11.8. The molecule has 0 amide bonds. The van der Waals surface area contributed by atoms with Crippen LogP contribution in [0, 0.1) is 0 Å². The van der Waals surface area contributed by atoms with Crippen LogP contribution in [0.25, 0.3) is 0 Å². The molecule has 0 aliphatic carbocycles. The second-order valence-electron chi connectivity index (χ2n) is 4.01. The van der Waals surface area contributed by atoms with Crippen LogP contribution >= 0.6 is 0 Å². The van der Waals surface area contributed by atoms with Gasteiger partial charge >= 0.3 is 5.97 Å². The fourth-order valence-electron chi connectivity index (χ4n) is 1.67. The van der Waals surface area contributed by atoms with Gasteiger partial charge in [0.1, 0.15) is 0 Å². The van der Waals surface area contributed by atoms with E-state index in [1.54, 1.807) is 6.92 Å². The highest BCUT2D eigenvalue weighted by atomic mass is 16.5. The van der Waals surface area contributed by atoms with Crippen molar-refractivity contribution in [3.05, 3.63) is 35.4 Å². The molecule has 0 saturated heterocycles. The van der Waals surface area contributed by atoms with Gasteiger partial charge in [-0.2, -0.15) is 0 Å². The molecule has 1 aromatic carbocycles. The molecule has 0 unspecified atom stereocenters. The van der Waals surface area contributed by atoms with Gasteiger partial charge in [-0.05, 0) is 24.5 Å². The zero-order valence-corrected chi connectivity index (χ0v) is 10.8. The molecule has 1 aromatic rings. The largest absolute Gasteiger partial charge is 0.461 e. The third-order valence-corrected chi connectivity index (χ3v) is 2.56. The van der Waals surface area contributed by atoms with E-state index in [0.717, 1.165) is 18.4 Å². The summed E-state index contributed by atoms with van der Waals surface area (Å²) in [6.07, 6.45) is 2.42. The highest BCUT2D eigenvalue weighted by Gasteiger charge is 2.13. The van der Waals surface area contributed by atoms with E-state index >= 15 is 0 Å². The van der Waals surface area contributed by atoms with Crippen LogP contribution in [0.2, 0.25) is 0 Å². The summed E-state index contributed by atoms with van der Waals surface area (Å²) in [7, 11) is 0. The zero-order chi connectivity index (χ0) is 13.4. The minimum atomic E-state index is -0.572. The lowest BCUT2D eigenvalue weighted by atomic mass is 10.0. The number of carbonyl (C=O) groups excluding carboxylic acids is 1. The third-order valence-electron chi connectivity index (χ3n) is 2.56. The highest BCUT2D eigenvalue weighted by molar-refractivity contribution is 6.36. The number of hydrogen-bond donors (Lipinski definition) is 1. The van der Waals surface area contributed by atoms with Gasteiger partial charge in [0.05, 0.1) is 6.61 Å². The first-order chi connectivity index (χ1) is 8.71. The summed E-state index contributed by atoms with van der Waals surface area (Å²) in [4.78, 5) is 11.4. The predicted octanol–water partition coefficient (Wildman–Crippen LogP) is 2.57. The van der Waals surface area contributed by atoms with Crippen LogP contribution in [0.1, 0.15) is 31.4 Å². The lowest BCUT2D eigenvalue weighted by Crippen LogP contribution is -2.20. The summed E-state index contributed by atoms with van der Waals surface area (Å²) in [5.74, 6) is -0.572. The Morgan fingerprint density at radius 2 is 1.83 bits per heavy atom. The summed E-state index contributed by atoms with van der Waals surface area (Å²) in [6, 6.07) is 7.93. The summed E-state index contributed by atoms with van der Waals surface area (Å²) in [5.41, 5.74) is 2.22. The van der Waals surface area contributed by atoms with E-state index in [-0.39, 0.29) is 18.7 Å². The molecule has 0 bridgehead atoms. The van der Waals surface area contributed by atoms with Crippen molar-refractivity contribution < 1.29 is 14.7 Å². The molecule has 4 nitrogen and oxygen atoms in total. The first-order valence-corrected chi connectivity index (χ1v) is 6.17. The number of benzene rings is 1. The average molecular weight is 249 g/mol. The number of ether oxygens (including phenoxy) is 1. The molecule has 18 heavy (non-hydrogen) atoms. The number of aryl methyl sites for hydroxylation is 1. The highest BCUT2D eigenvalue weighted by Crippen LogP contribution is 2.08. The van der Waals surface area contributed by atoms with Crippen LogP contribution in [0.5, 0.6) is 0 Å². The summed E-state index contributed by atoms with van der Waals surface area (Å²) in [6.45, 7) is 4.12. The van der Waals surface area contributed by atoms with E-state index in [9.17, 15) is 4.79 Å². The van der Waals surface area contributed by atoms with Gasteiger partial charge in [0, 0.05) is 6.42 Å². The molecule has 4 heteroatoms. The van der Waals surface area contributed by atoms with Gasteiger partial charge in [0.15, 0.2) is 5.71 Å². The van der Waals surface area contributed by atoms with E-state index in [4.69, 9.17) is 9.94 Å². The second kappa shape index (κ2) is 7.48. The smallest absolute Gasteiger partial charge is 0.356 e. The van der Waals surface area contributed by atoms with E-state index in [0.29, 0.717) is 0 Å². The van der Waals surface area contributed by atoms with Gasteiger partial charge < -0.3 is 9.94 Å². The van der Waals surface area contributed by atoms with Crippen molar-refractivity contribution in [3.8, 4) is 0 Å². The van der Waals surface area contributed by atoms with Crippen LogP contribution in [-0.2, 0) is 22.4 Å². The lowest BCUT2D eigenvalue weighted by molar-refractivity contribution is -0.135. The van der Waals surface area contributed by atoms with E-state index in [1.165, 1.54) is 5.56 Å². The van der Waals surface area contributed by atoms with Crippen LogP contribution < -0.4 is 0 Å². The molecule has 0 fully saturated rings. The Bertz CT molecular complexity index is 410. The van der Waals surface area contributed by atoms with E-state index < -0.39 is 5.97 Å². The minimum absolute atomic E-state index is 0.0279. The standard InChI is InChI=1S/C14H19NO3/c1-3-5-11-6-8-12(9-7-11)10-13(15-17)14(16)18-4-2/h6-9,17H,3-5,10H2,1-2H3. The van der Waals surface area contributed by atoms with E-state index in [1.807, 2.05) is 24.3 Å². The molecular weight excluding hydrogens is 230 g/mol. The molecule has 0 radical (unpaired) electrons. The van der Waals surface area contributed by atoms with Gasteiger partial charge in [0.2, 0.25) is 0 Å². The predicted molar refractivity (Wildman–Crippen MR) is 70.0 cm³/mol. The summed E-state index contributed by atoms with van der Waals surface area (Å²) >= 11 is 0. The quantitative estimate of drug-likeness (QED) is 0.365. The molecule has 0 atom stereocenters. The first-order valence-electron chi connectivity index (χ1n) is 6.17. The zero-order valence-electron chi connectivity index (χ0n) is 10.8. The maximum atomic E-state index is 11.4. The molecular formula is C14H19NO3. The molecule has 0 spiro atoms. The molecule has 0 aliphatic rings. The maximum absolute atomic E-state index is 11.4. The minimum Gasteiger partial charge on any atom is -0.461 e. The number of esters is 1. The van der Waals surface area contributed by atoms with Crippen LogP contribution in [0.15, 0.2) is 29.4 Å².